The zero-order valence-corrected chi connectivity index (χ0v) is 16.5. The summed E-state index contributed by atoms with van der Waals surface area (Å²) in [4.78, 5) is 13.1. The molecule has 0 spiro atoms. The van der Waals surface area contributed by atoms with Gasteiger partial charge in [0, 0.05) is 10.6 Å². The lowest BCUT2D eigenvalue weighted by atomic mass is 10.2. The van der Waals surface area contributed by atoms with Crippen LogP contribution in [0.1, 0.15) is 5.56 Å². The molecule has 134 valence electrons. The SMILES string of the molecule is COc1cccc(CSc2nnc(NC(=O)CSc3ccccc3)s2)c1. The summed E-state index contributed by atoms with van der Waals surface area (Å²) in [6.07, 6.45) is 0. The van der Waals surface area contributed by atoms with Gasteiger partial charge in [0.1, 0.15) is 5.75 Å². The number of nitrogens with one attached hydrogen (secondary N) is 1. The molecule has 0 aliphatic heterocycles. The number of benzene rings is 2. The fourth-order valence-corrected chi connectivity index (χ4v) is 4.48. The first kappa shape index (κ1) is 18.8. The predicted molar refractivity (Wildman–Crippen MR) is 108 cm³/mol. The Morgan fingerprint density at radius 3 is 2.77 bits per heavy atom. The van der Waals surface area contributed by atoms with E-state index in [1.54, 1.807) is 18.9 Å². The number of rotatable bonds is 8. The number of amides is 1. The summed E-state index contributed by atoms with van der Waals surface area (Å²) in [5.74, 6) is 1.86. The average Bonchev–Trinajstić information content (AvgIpc) is 3.13. The molecule has 0 fully saturated rings. The number of hydrogen-bond acceptors (Lipinski definition) is 7. The van der Waals surface area contributed by atoms with Crippen molar-refractivity contribution in [2.24, 2.45) is 0 Å². The average molecular weight is 404 g/mol. The molecular formula is C18H17N3O2S3. The highest BCUT2D eigenvalue weighted by Gasteiger charge is 2.09. The summed E-state index contributed by atoms with van der Waals surface area (Å²) >= 11 is 4.46. The van der Waals surface area contributed by atoms with E-state index in [0.717, 1.165) is 26.3 Å². The molecule has 0 aliphatic carbocycles. The maximum atomic E-state index is 12.0. The third-order valence-corrected chi connectivity index (χ3v) is 6.32. The van der Waals surface area contributed by atoms with E-state index in [-0.39, 0.29) is 5.91 Å². The Kier molecular flexibility index (Phi) is 6.93. The van der Waals surface area contributed by atoms with E-state index >= 15 is 0 Å². The molecule has 0 atom stereocenters. The van der Waals surface area contributed by atoms with Crippen molar-refractivity contribution in [3.8, 4) is 5.75 Å². The molecule has 3 aromatic rings. The lowest BCUT2D eigenvalue weighted by Crippen LogP contribution is -2.13. The summed E-state index contributed by atoms with van der Waals surface area (Å²) in [6.45, 7) is 0. The van der Waals surface area contributed by atoms with Gasteiger partial charge in [0.25, 0.3) is 0 Å². The van der Waals surface area contributed by atoms with E-state index in [1.807, 2.05) is 54.6 Å². The monoisotopic (exact) mass is 403 g/mol. The van der Waals surface area contributed by atoms with Crippen LogP contribution in [0, 0.1) is 0 Å². The van der Waals surface area contributed by atoms with Crippen molar-refractivity contribution in [1.82, 2.24) is 10.2 Å². The fraction of sp³-hybridized carbons (Fsp3) is 0.167. The number of thioether (sulfide) groups is 2. The molecule has 0 unspecified atom stereocenters. The summed E-state index contributed by atoms with van der Waals surface area (Å²) in [5, 5.41) is 11.5. The normalized spacial score (nSPS) is 10.5. The summed E-state index contributed by atoms with van der Waals surface area (Å²) in [7, 11) is 1.65. The zero-order valence-electron chi connectivity index (χ0n) is 14.0. The van der Waals surface area contributed by atoms with Gasteiger partial charge in [0.2, 0.25) is 11.0 Å². The number of aromatic nitrogens is 2. The van der Waals surface area contributed by atoms with E-state index in [0.29, 0.717) is 10.9 Å². The smallest absolute Gasteiger partial charge is 0.236 e. The molecule has 1 amide bonds. The second kappa shape index (κ2) is 9.61. The third-order valence-electron chi connectivity index (χ3n) is 3.26. The van der Waals surface area contributed by atoms with Gasteiger partial charge in [-0.3, -0.25) is 10.1 Å². The largest absolute Gasteiger partial charge is 0.497 e. The van der Waals surface area contributed by atoms with Crippen LogP contribution in [0.5, 0.6) is 5.75 Å². The van der Waals surface area contributed by atoms with Gasteiger partial charge in [0.05, 0.1) is 12.9 Å². The minimum atomic E-state index is -0.0839. The maximum Gasteiger partial charge on any atom is 0.236 e. The molecule has 1 heterocycles. The van der Waals surface area contributed by atoms with Crippen LogP contribution in [0.25, 0.3) is 0 Å². The highest BCUT2D eigenvalue weighted by atomic mass is 32.2. The molecule has 0 radical (unpaired) electrons. The topological polar surface area (TPSA) is 64.1 Å². The molecule has 0 bridgehead atoms. The highest BCUT2D eigenvalue weighted by molar-refractivity contribution is 8.00. The van der Waals surface area contributed by atoms with Crippen LogP contribution in [0.3, 0.4) is 0 Å². The molecule has 3 rings (SSSR count). The second-order valence-electron chi connectivity index (χ2n) is 5.16. The molecule has 2 aromatic carbocycles. The van der Waals surface area contributed by atoms with Gasteiger partial charge in [-0.25, -0.2) is 0 Å². The number of carbonyl (C=O) groups is 1. The Morgan fingerprint density at radius 1 is 1.12 bits per heavy atom. The van der Waals surface area contributed by atoms with Crippen molar-refractivity contribution in [2.75, 3.05) is 18.2 Å². The van der Waals surface area contributed by atoms with Gasteiger partial charge in [-0.05, 0) is 29.8 Å². The predicted octanol–water partition coefficient (Wildman–Crippen LogP) is 4.57. The molecule has 1 N–H and O–H groups in total. The van der Waals surface area contributed by atoms with Crippen molar-refractivity contribution in [3.05, 3.63) is 60.2 Å². The van der Waals surface area contributed by atoms with E-state index in [1.165, 1.54) is 23.1 Å². The van der Waals surface area contributed by atoms with Crippen molar-refractivity contribution in [1.29, 1.82) is 0 Å². The Morgan fingerprint density at radius 2 is 1.96 bits per heavy atom. The Labute approximate surface area is 164 Å². The minimum absolute atomic E-state index is 0.0839. The van der Waals surface area contributed by atoms with Gasteiger partial charge in [-0.2, -0.15) is 0 Å². The van der Waals surface area contributed by atoms with Gasteiger partial charge in [-0.15, -0.1) is 22.0 Å². The van der Waals surface area contributed by atoms with Crippen molar-refractivity contribution in [2.45, 2.75) is 15.0 Å². The first-order chi connectivity index (χ1) is 12.7. The van der Waals surface area contributed by atoms with E-state index in [2.05, 4.69) is 15.5 Å². The summed E-state index contributed by atoms with van der Waals surface area (Å²) in [5.41, 5.74) is 1.15. The van der Waals surface area contributed by atoms with Crippen molar-refractivity contribution >= 4 is 45.9 Å². The first-order valence-corrected chi connectivity index (χ1v) is 10.6. The number of nitrogens with zero attached hydrogens (tertiary/aromatic N) is 2. The Hall–Kier alpha value is -2.03. The summed E-state index contributed by atoms with van der Waals surface area (Å²) < 4.78 is 6.04. The van der Waals surface area contributed by atoms with Gasteiger partial charge >= 0.3 is 0 Å². The van der Waals surface area contributed by atoms with Gasteiger partial charge in [-0.1, -0.05) is 53.4 Å². The molecule has 26 heavy (non-hydrogen) atoms. The van der Waals surface area contributed by atoms with Crippen LogP contribution in [0.15, 0.2) is 63.8 Å². The Bertz CT molecular complexity index is 856. The van der Waals surface area contributed by atoms with Crippen LogP contribution in [0.2, 0.25) is 0 Å². The quantitative estimate of drug-likeness (QED) is 0.439. The van der Waals surface area contributed by atoms with Crippen molar-refractivity contribution in [3.63, 3.8) is 0 Å². The highest BCUT2D eigenvalue weighted by Crippen LogP contribution is 2.29. The van der Waals surface area contributed by atoms with E-state index < -0.39 is 0 Å². The van der Waals surface area contributed by atoms with Crippen LogP contribution in [-0.2, 0) is 10.5 Å². The number of anilines is 1. The zero-order chi connectivity index (χ0) is 18.2. The van der Waals surface area contributed by atoms with Crippen molar-refractivity contribution < 1.29 is 9.53 Å². The van der Waals surface area contributed by atoms with Crippen LogP contribution in [-0.4, -0.2) is 29.0 Å². The lowest BCUT2D eigenvalue weighted by molar-refractivity contribution is -0.113. The molecule has 1 aromatic heterocycles. The molecule has 0 saturated carbocycles. The van der Waals surface area contributed by atoms with Crippen LogP contribution in [0.4, 0.5) is 5.13 Å². The first-order valence-electron chi connectivity index (χ1n) is 7.80. The standard InChI is InChI=1S/C18H17N3O2S3/c1-23-14-7-5-6-13(10-14)11-25-18-21-20-17(26-18)19-16(22)12-24-15-8-3-2-4-9-15/h2-10H,11-12H2,1H3,(H,19,20,22). The molecule has 0 saturated heterocycles. The van der Waals surface area contributed by atoms with Gasteiger partial charge in [0.15, 0.2) is 4.34 Å². The Balaban J connectivity index is 1.47. The lowest BCUT2D eigenvalue weighted by Gasteiger charge is -2.02. The number of methoxy groups -OCH3 is 1. The third kappa shape index (κ3) is 5.76. The molecule has 0 aliphatic rings. The van der Waals surface area contributed by atoms with E-state index in [4.69, 9.17) is 4.74 Å². The van der Waals surface area contributed by atoms with Crippen LogP contribution >= 0.6 is 34.9 Å². The minimum Gasteiger partial charge on any atom is -0.497 e. The summed E-state index contributed by atoms with van der Waals surface area (Å²) in [6, 6.07) is 17.7. The fourth-order valence-electron chi connectivity index (χ4n) is 2.05. The molecule has 8 heteroatoms. The molecule has 5 nitrogen and oxygen atoms in total. The van der Waals surface area contributed by atoms with E-state index in [9.17, 15) is 4.79 Å². The second-order valence-corrected chi connectivity index (χ2v) is 8.41. The molecular weight excluding hydrogens is 386 g/mol. The number of hydrogen-bond donors (Lipinski definition) is 1. The maximum absolute atomic E-state index is 12.0. The number of carbonyl (C=O) groups excluding carboxylic acids is 1. The van der Waals surface area contributed by atoms with Gasteiger partial charge < -0.3 is 4.74 Å². The number of ether oxygens (including phenoxy) is 1. The van der Waals surface area contributed by atoms with Crippen LogP contribution < -0.4 is 10.1 Å².